The summed E-state index contributed by atoms with van der Waals surface area (Å²) in [5, 5.41) is 0.218. The van der Waals surface area contributed by atoms with Crippen molar-refractivity contribution < 1.29 is 22.6 Å². The molecule has 0 heterocycles. The first-order valence-corrected chi connectivity index (χ1v) is 8.82. The highest BCUT2D eigenvalue weighted by molar-refractivity contribution is 7.89. The van der Waals surface area contributed by atoms with E-state index in [4.69, 9.17) is 25.8 Å². The first-order valence-electron chi connectivity index (χ1n) is 6.96. The van der Waals surface area contributed by atoms with E-state index in [0.717, 1.165) is 0 Å². The molecule has 0 aliphatic carbocycles. The first-order chi connectivity index (χ1) is 11.4. The van der Waals surface area contributed by atoms with Crippen LogP contribution in [-0.2, 0) is 16.6 Å². The molecule has 8 heteroatoms. The van der Waals surface area contributed by atoms with Crippen LogP contribution in [-0.4, -0.2) is 29.7 Å². The SMILES string of the molecule is COc1ccc(S(=O)(=O)NCc2c(OC)cccc2OC)cc1Cl. The quantitative estimate of drug-likeness (QED) is 0.810. The van der Waals surface area contributed by atoms with Crippen molar-refractivity contribution in [2.75, 3.05) is 21.3 Å². The topological polar surface area (TPSA) is 73.9 Å². The summed E-state index contributed by atoms with van der Waals surface area (Å²) in [7, 11) is 0.723. The van der Waals surface area contributed by atoms with Gasteiger partial charge in [0.2, 0.25) is 10.0 Å². The third kappa shape index (κ3) is 3.92. The Balaban J connectivity index is 2.27. The second-order valence-electron chi connectivity index (χ2n) is 4.76. The van der Waals surface area contributed by atoms with E-state index in [0.29, 0.717) is 22.8 Å². The number of hydrogen-bond donors (Lipinski definition) is 1. The van der Waals surface area contributed by atoms with Gasteiger partial charge in [-0.15, -0.1) is 0 Å². The lowest BCUT2D eigenvalue weighted by molar-refractivity contribution is 0.384. The molecule has 0 aliphatic heterocycles. The van der Waals surface area contributed by atoms with E-state index in [1.807, 2.05) is 0 Å². The fourth-order valence-electron chi connectivity index (χ4n) is 2.17. The van der Waals surface area contributed by atoms with Crippen molar-refractivity contribution >= 4 is 21.6 Å². The first kappa shape index (κ1) is 18.4. The maximum atomic E-state index is 12.5. The second-order valence-corrected chi connectivity index (χ2v) is 6.94. The third-order valence-electron chi connectivity index (χ3n) is 3.40. The van der Waals surface area contributed by atoms with Crippen LogP contribution in [0, 0.1) is 0 Å². The molecular weight excluding hydrogens is 354 g/mol. The lowest BCUT2D eigenvalue weighted by atomic mass is 10.2. The van der Waals surface area contributed by atoms with Crippen LogP contribution in [0.15, 0.2) is 41.3 Å². The summed E-state index contributed by atoms with van der Waals surface area (Å²) in [5.41, 5.74) is 0.602. The summed E-state index contributed by atoms with van der Waals surface area (Å²) in [5.74, 6) is 1.47. The van der Waals surface area contributed by atoms with E-state index >= 15 is 0 Å². The molecule has 0 aromatic heterocycles. The molecule has 2 aromatic carbocycles. The van der Waals surface area contributed by atoms with Gasteiger partial charge in [0.25, 0.3) is 0 Å². The zero-order chi connectivity index (χ0) is 17.7. The van der Waals surface area contributed by atoms with E-state index in [1.54, 1.807) is 18.2 Å². The average Bonchev–Trinajstić information content (AvgIpc) is 2.59. The Morgan fingerprint density at radius 1 is 0.958 bits per heavy atom. The smallest absolute Gasteiger partial charge is 0.240 e. The van der Waals surface area contributed by atoms with E-state index < -0.39 is 10.0 Å². The van der Waals surface area contributed by atoms with Gasteiger partial charge in [-0.1, -0.05) is 17.7 Å². The van der Waals surface area contributed by atoms with Gasteiger partial charge in [0.15, 0.2) is 0 Å². The van der Waals surface area contributed by atoms with Gasteiger partial charge in [0.1, 0.15) is 17.2 Å². The number of hydrogen-bond acceptors (Lipinski definition) is 5. The summed E-state index contributed by atoms with van der Waals surface area (Å²) in [6.07, 6.45) is 0. The zero-order valence-corrected chi connectivity index (χ0v) is 15.1. The van der Waals surface area contributed by atoms with E-state index in [-0.39, 0.29) is 16.5 Å². The predicted molar refractivity (Wildman–Crippen MR) is 91.6 cm³/mol. The Hall–Kier alpha value is -1.96. The minimum Gasteiger partial charge on any atom is -0.496 e. The number of halogens is 1. The number of ether oxygens (including phenoxy) is 3. The summed E-state index contributed by atoms with van der Waals surface area (Å²) < 4.78 is 43.0. The molecule has 0 amide bonds. The van der Waals surface area contributed by atoms with Crippen molar-refractivity contribution in [2.24, 2.45) is 0 Å². The van der Waals surface area contributed by atoms with Gasteiger partial charge in [0.05, 0.1) is 36.8 Å². The normalized spacial score (nSPS) is 11.2. The van der Waals surface area contributed by atoms with E-state index in [1.165, 1.54) is 39.5 Å². The van der Waals surface area contributed by atoms with Crippen LogP contribution in [0.5, 0.6) is 17.2 Å². The second kappa shape index (κ2) is 7.74. The summed E-state index contributed by atoms with van der Waals surface area (Å²) in [6.45, 7) is 0.0131. The Morgan fingerprint density at radius 3 is 2.04 bits per heavy atom. The van der Waals surface area contributed by atoms with E-state index in [9.17, 15) is 8.42 Å². The molecule has 6 nitrogen and oxygen atoms in total. The molecule has 0 radical (unpaired) electrons. The van der Waals surface area contributed by atoms with Gasteiger partial charge in [-0.05, 0) is 30.3 Å². The number of sulfonamides is 1. The molecular formula is C16H18ClNO5S. The highest BCUT2D eigenvalue weighted by Gasteiger charge is 2.18. The third-order valence-corrected chi connectivity index (χ3v) is 5.10. The summed E-state index contributed by atoms with van der Waals surface area (Å²) in [4.78, 5) is 0.0437. The predicted octanol–water partition coefficient (Wildman–Crippen LogP) is 2.84. The fourth-order valence-corrected chi connectivity index (χ4v) is 3.51. The van der Waals surface area contributed by atoms with Crippen molar-refractivity contribution in [3.05, 3.63) is 47.0 Å². The van der Waals surface area contributed by atoms with Gasteiger partial charge < -0.3 is 14.2 Å². The minimum absolute atomic E-state index is 0.0131. The maximum absolute atomic E-state index is 12.5. The zero-order valence-electron chi connectivity index (χ0n) is 13.5. The highest BCUT2D eigenvalue weighted by atomic mass is 35.5. The summed E-state index contributed by atoms with van der Waals surface area (Å²) in [6, 6.07) is 9.49. The van der Waals surface area contributed by atoms with Crippen molar-refractivity contribution in [3.63, 3.8) is 0 Å². The van der Waals surface area contributed by atoms with Gasteiger partial charge in [-0.25, -0.2) is 13.1 Å². The molecule has 0 spiro atoms. The van der Waals surface area contributed by atoms with Gasteiger partial charge in [-0.2, -0.15) is 0 Å². The van der Waals surface area contributed by atoms with Crippen LogP contribution >= 0.6 is 11.6 Å². The lowest BCUT2D eigenvalue weighted by Crippen LogP contribution is -2.23. The molecule has 2 aromatic rings. The van der Waals surface area contributed by atoms with Crippen molar-refractivity contribution in [1.29, 1.82) is 0 Å². The fraction of sp³-hybridized carbons (Fsp3) is 0.250. The lowest BCUT2D eigenvalue weighted by Gasteiger charge is -2.14. The molecule has 130 valence electrons. The molecule has 2 rings (SSSR count). The molecule has 0 bridgehead atoms. The Morgan fingerprint density at radius 2 is 1.54 bits per heavy atom. The van der Waals surface area contributed by atoms with Gasteiger partial charge >= 0.3 is 0 Å². The number of benzene rings is 2. The van der Waals surface area contributed by atoms with E-state index in [2.05, 4.69) is 4.72 Å². The maximum Gasteiger partial charge on any atom is 0.240 e. The molecule has 0 fully saturated rings. The average molecular weight is 372 g/mol. The molecule has 0 atom stereocenters. The van der Waals surface area contributed by atoms with Gasteiger partial charge in [0, 0.05) is 6.54 Å². The van der Waals surface area contributed by atoms with Gasteiger partial charge in [-0.3, -0.25) is 0 Å². The highest BCUT2D eigenvalue weighted by Crippen LogP contribution is 2.29. The Bertz CT molecular complexity index is 801. The molecule has 1 N–H and O–H groups in total. The molecule has 0 aliphatic rings. The van der Waals surface area contributed by atoms with Crippen LogP contribution < -0.4 is 18.9 Å². The number of methoxy groups -OCH3 is 3. The largest absolute Gasteiger partial charge is 0.496 e. The summed E-state index contributed by atoms with van der Waals surface area (Å²) >= 11 is 5.99. The standard InChI is InChI=1S/C16H18ClNO5S/c1-21-14-5-4-6-15(22-2)12(14)10-18-24(19,20)11-7-8-16(23-3)13(17)9-11/h4-9,18H,10H2,1-3H3. The molecule has 0 saturated carbocycles. The molecule has 24 heavy (non-hydrogen) atoms. The van der Waals surface area contributed by atoms with Crippen LogP contribution in [0.1, 0.15) is 5.56 Å². The van der Waals surface area contributed by atoms with Crippen LogP contribution in [0.3, 0.4) is 0 Å². The van der Waals surface area contributed by atoms with Crippen LogP contribution in [0.25, 0.3) is 0 Å². The Kier molecular flexibility index (Phi) is 5.93. The molecule has 0 unspecified atom stereocenters. The Labute approximate surface area is 146 Å². The van der Waals surface area contributed by atoms with Crippen LogP contribution in [0.4, 0.5) is 0 Å². The number of nitrogens with one attached hydrogen (secondary N) is 1. The number of rotatable bonds is 7. The molecule has 0 saturated heterocycles. The minimum atomic E-state index is -3.76. The van der Waals surface area contributed by atoms with Crippen molar-refractivity contribution in [2.45, 2.75) is 11.4 Å². The van der Waals surface area contributed by atoms with Crippen molar-refractivity contribution in [1.82, 2.24) is 4.72 Å². The monoisotopic (exact) mass is 371 g/mol. The van der Waals surface area contributed by atoms with Crippen LogP contribution in [0.2, 0.25) is 5.02 Å². The van der Waals surface area contributed by atoms with Crippen molar-refractivity contribution in [3.8, 4) is 17.2 Å².